The van der Waals surface area contributed by atoms with Crippen molar-refractivity contribution >= 4 is 25.4 Å². The highest BCUT2D eigenvalue weighted by Crippen LogP contribution is 2.32. The molecule has 2 unspecified atom stereocenters. The Kier molecular flexibility index (Phi) is 4.19. The molecule has 0 radical (unpaired) electrons. The van der Waals surface area contributed by atoms with Crippen molar-refractivity contribution in [3.8, 4) is 0 Å². The minimum atomic E-state index is -3.19. The molecule has 1 saturated heterocycles. The van der Waals surface area contributed by atoms with Crippen molar-refractivity contribution in [2.45, 2.75) is 24.5 Å². The van der Waals surface area contributed by atoms with Crippen molar-refractivity contribution in [3.05, 3.63) is 16.7 Å². The fraction of sp³-hybridized carbons (Fsp3) is 0.500. The van der Waals surface area contributed by atoms with Crippen LogP contribution in [-0.4, -0.2) is 59.5 Å². The lowest BCUT2D eigenvalue weighted by Crippen LogP contribution is -2.33. The number of imidazole rings is 1. The van der Waals surface area contributed by atoms with E-state index in [1.807, 2.05) is 0 Å². The number of anilines is 1. The van der Waals surface area contributed by atoms with E-state index in [0.29, 0.717) is 0 Å². The largest absolute Gasteiger partial charge is 0.387 e. The number of fused-ring (bicyclic) bond motifs is 1. The lowest BCUT2D eigenvalue weighted by Gasteiger charge is -2.16. The predicted molar refractivity (Wildman–Crippen MR) is 75.7 cm³/mol. The maximum atomic E-state index is 11.7. The Morgan fingerprint density at radius 1 is 1.48 bits per heavy atom. The van der Waals surface area contributed by atoms with E-state index in [4.69, 9.17) is 15.4 Å². The Hall–Kier alpha value is -1.82. The number of aliphatic hydroxyl groups is 2. The molecule has 2 aromatic rings. The van der Waals surface area contributed by atoms with E-state index < -0.39 is 38.4 Å². The molecule has 0 saturated carbocycles. The second kappa shape index (κ2) is 6.00. The maximum absolute atomic E-state index is 11.7. The molecular weight excluding hydrogens is 333 g/mol. The summed E-state index contributed by atoms with van der Waals surface area (Å²) >= 11 is 0. The first-order valence-corrected chi connectivity index (χ1v) is 7.74. The number of hydrogen-bond donors (Lipinski definition) is 5. The average molecular weight is 347 g/mol. The zero-order valence-corrected chi connectivity index (χ0v) is 12.5. The number of aromatic amines is 1. The summed E-state index contributed by atoms with van der Waals surface area (Å²) in [6.07, 6.45) is -3.68. The number of nitrogens with two attached hydrogens (primary N) is 1. The van der Waals surface area contributed by atoms with Gasteiger partial charge in [-0.2, -0.15) is 4.98 Å². The number of rotatable bonds is 4. The normalized spacial score (nSPS) is 29.2. The molecule has 1 aliphatic heterocycles. The third-order valence-electron chi connectivity index (χ3n) is 3.43. The molecule has 1 aliphatic rings. The number of ether oxygens (including phenoxy) is 1. The molecule has 0 aliphatic carbocycles. The highest BCUT2D eigenvalue weighted by molar-refractivity contribution is 7.32. The number of H-pyrrole nitrogens is 1. The van der Waals surface area contributed by atoms with Crippen LogP contribution in [0.1, 0.15) is 6.23 Å². The molecule has 0 bridgehead atoms. The van der Waals surface area contributed by atoms with Crippen molar-refractivity contribution < 1.29 is 28.9 Å². The van der Waals surface area contributed by atoms with Crippen LogP contribution >= 0.6 is 8.25 Å². The molecule has 12 nitrogen and oxygen atoms in total. The number of hydrogen-bond acceptors (Lipinski definition) is 9. The molecule has 3 heterocycles. The van der Waals surface area contributed by atoms with Gasteiger partial charge in [0.15, 0.2) is 17.4 Å². The predicted octanol–water partition coefficient (Wildman–Crippen LogP) is -2.28. The maximum Gasteiger partial charge on any atom is 0.316 e. The molecule has 126 valence electrons. The first-order valence-electron chi connectivity index (χ1n) is 6.48. The van der Waals surface area contributed by atoms with Crippen LogP contribution in [0.5, 0.6) is 0 Å². The van der Waals surface area contributed by atoms with Crippen LogP contribution in [0.4, 0.5) is 5.95 Å². The van der Waals surface area contributed by atoms with E-state index in [0.717, 1.165) is 0 Å². The molecule has 0 spiro atoms. The van der Waals surface area contributed by atoms with Crippen molar-refractivity contribution in [1.82, 2.24) is 19.5 Å². The van der Waals surface area contributed by atoms with Crippen molar-refractivity contribution in [1.29, 1.82) is 0 Å². The van der Waals surface area contributed by atoms with Gasteiger partial charge in [-0.3, -0.25) is 18.9 Å². The van der Waals surface area contributed by atoms with Crippen LogP contribution in [0, 0.1) is 0 Å². The Morgan fingerprint density at radius 3 is 2.91 bits per heavy atom. The van der Waals surface area contributed by atoms with Gasteiger partial charge in [-0.15, -0.1) is 0 Å². The van der Waals surface area contributed by atoms with Gasteiger partial charge in [0.25, 0.3) is 5.56 Å². The minimum Gasteiger partial charge on any atom is -0.387 e. The van der Waals surface area contributed by atoms with E-state index in [1.165, 1.54) is 10.9 Å². The number of nitrogens with zero attached hydrogens (tertiary/aromatic N) is 3. The van der Waals surface area contributed by atoms with Gasteiger partial charge in [0.1, 0.15) is 18.3 Å². The van der Waals surface area contributed by atoms with E-state index in [-0.39, 0.29) is 23.7 Å². The van der Waals surface area contributed by atoms with Crippen LogP contribution in [0.15, 0.2) is 11.1 Å². The van der Waals surface area contributed by atoms with Crippen LogP contribution in [0.2, 0.25) is 0 Å². The second-order valence-corrected chi connectivity index (χ2v) is 5.72. The molecule has 13 heteroatoms. The van der Waals surface area contributed by atoms with Gasteiger partial charge in [-0.1, -0.05) is 0 Å². The van der Waals surface area contributed by atoms with Crippen LogP contribution < -0.4 is 11.3 Å². The summed E-state index contributed by atoms with van der Waals surface area (Å²) in [4.78, 5) is 30.5. The van der Waals surface area contributed by atoms with Gasteiger partial charge in [-0.25, -0.2) is 4.98 Å². The Labute approximate surface area is 128 Å². The molecule has 3 rings (SSSR count). The fourth-order valence-electron chi connectivity index (χ4n) is 2.38. The van der Waals surface area contributed by atoms with Crippen LogP contribution in [0.3, 0.4) is 0 Å². The van der Waals surface area contributed by atoms with Crippen molar-refractivity contribution in [2.75, 3.05) is 12.3 Å². The summed E-state index contributed by atoms with van der Waals surface area (Å²) in [5.74, 6) is -0.143. The van der Waals surface area contributed by atoms with Gasteiger partial charge in [0.05, 0.1) is 12.9 Å². The Morgan fingerprint density at radius 2 is 2.22 bits per heavy atom. The van der Waals surface area contributed by atoms with Gasteiger partial charge in [0, 0.05) is 0 Å². The lowest BCUT2D eigenvalue weighted by atomic mass is 10.1. The van der Waals surface area contributed by atoms with E-state index in [9.17, 15) is 19.6 Å². The smallest absolute Gasteiger partial charge is 0.316 e. The molecule has 5 atom stereocenters. The number of aliphatic hydroxyl groups excluding tert-OH is 2. The topological polar surface area (TPSA) is 186 Å². The Bertz CT molecular complexity index is 806. The third kappa shape index (κ3) is 2.87. The van der Waals surface area contributed by atoms with Crippen molar-refractivity contribution in [2.24, 2.45) is 0 Å². The van der Waals surface area contributed by atoms with E-state index >= 15 is 0 Å². The molecular formula is C10H14N5O7P. The van der Waals surface area contributed by atoms with Gasteiger partial charge < -0.3 is 30.1 Å². The second-order valence-electron chi connectivity index (χ2n) is 4.90. The standard InChI is InChI=1S/C10H14N5O7P/c11-10-13-7-4(8(18)14-10)12-2-15(7)9-6(17)5(16)3(22-9)1-21-23(19)20/h2-3,5-6,9,16-17,23H,1H2,(H,19,20)(H3,11,13,14,18)/t3-,5+,6?,9-/m1/s1. The summed E-state index contributed by atoms with van der Waals surface area (Å²) in [6, 6.07) is 0. The molecule has 0 amide bonds. The molecule has 0 aromatic carbocycles. The molecule has 23 heavy (non-hydrogen) atoms. The van der Waals surface area contributed by atoms with Gasteiger partial charge in [-0.05, 0) is 0 Å². The number of nitrogen functional groups attached to an aromatic ring is 1. The highest BCUT2D eigenvalue weighted by atomic mass is 31.1. The summed E-state index contributed by atoms with van der Waals surface area (Å²) in [5.41, 5.74) is 4.98. The van der Waals surface area contributed by atoms with Crippen LogP contribution in [0.25, 0.3) is 11.2 Å². The van der Waals surface area contributed by atoms with E-state index in [1.54, 1.807) is 0 Å². The summed E-state index contributed by atoms with van der Waals surface area (Å²) in [6.45, 7) is -0.383. The summed E-state index contributed by atoms with van der Waals surface area (Å²) in [5, 5.41) is 20.1. The van der Waals surface area contributed by atoms with Crippen molar-refractivity contribution in [3.63, 3.8) is 0 Å². The molecule has 2 aromatic heterocycles. The summed E-state index contributed by atoms with van der Waals surface area (Å²) in [7, 11) is -3.19. The molecule has 6 N–H and O–H groups in total. The SMILES string of the molecule is Nc1nc2c(ncn2[C@@H]2O[C@H](CO[PH](=O)O)[C@H](O)C2O)c(=O)[nH]1. The number of nitrogens with one attached hydrogen (secondary N) is 1. The quantitative estimate of drug-likeness (QED) is 0.377. The lowest BCUT2D eigenvalue weighted by molar-refractivity contribution is -0.0476. The zero-order valence-electron chi connectivity index (χ0n) is 11.5. The average Bonchev–Trinajstić information content (AvgIpc) is 3.00. The summed E-state index contributed by atoms with van der Waals surface area (Å²) < 4.78 is 21.8. The molecule has 1 fully saturated rings. The fourth-order valence-corrected chi connectivity index (χ4v) is 2.69. The van der Waals surface area contributed by atoms with E-state index in [2.05, 4.69) is 19.5 Å². The highest BCUT2D eigenvalue weighted by Gasteiger charge is 2.44. The number of aromatic nitrogens is 4. The minimum absolute atomic E-state index is 0.00963. The zero-order chi connectivity index (χ0) is 16.7. The van der Waals surface area contributed by atoms with Crippen LogP contribution in [-0.2, 0) is 13.8 Å². The first-order chi connectivity index (χ1) is 10.9. The third-order valence-corrected chi connectivity index (χ3v) is 3.85. The van der Waals surface area contributed by atoms with Gasteiger partial charge >= 0.3 is 8.25 Å². The first kappa shape index (κ1) is 16.1. The Balaban J connectivity index is 1.93. The van der Waals surface area contributed by atoms with Gasteiger partial charge in [0.2, 0.25) is 5.95 Å². The monoisotopic (exact) mass is 347 g/mol.